The highest BCUT2D eigenvalue weighted by molar-refractivity contribution is 5.84. The van der Waals surface area contributed by atoms with Gasteiger partial charge >= 0.3 is 0 Å². The van der Waals surface area contributed by atoms with Gasteiger partial charge in [-0.25, -0.2) is 0 Å². The smallest absolute Gasteiger partial charge is 0.0694 e. The molecule has 0 heterocycles. The second-order valence-electron chi connectivity index (χ2n) is 5.75. The van der Waals surface area contributed by atoms with E-state index in [1.807, 2.05) is 19.4 Å². The minimum atomic E-state index is 1.06. The van der Waals surface area contributed by atoms with E-state index in [9.17, 15) is 0 Å². The summed E-state index contributed by atoms with van der Waals surface area (Å²) in [4.78, 5) is 9.27. The van der Waals surface area contributed by atoms with E-state index in [4.69, 9.17) is 4.99 Å². The van der Waals surface area contributed by atoms with Crippen LogP contribution in [0, 0.1) is 34.6 Å². The van der Waals surface area contributed by atoms with Gasteiger partial charge in [0.25, 0.3) is 0 Å². The third-order valence-electron chi connectivity index (χ3n) is 4.22. The Morgan fingerprint density at radius 1 is 0.682 bits per heavy atom. The molecule has 2 rings (SSSR count). The molecule has 0 N–H and O–H groups in total. The van der Waals surface area contributed by atoms with Crippen molar-refractivity contribution in [3.05, 3.63) is 57.6 Å². The first-order valence-electron chi connectivity index (χ1n) is 7.65. The highest BCUT2D eigenvalue weighted by Gasteiger charge is 2.13. The summed E-state index contributed by atoms with van der Waals surface area (Å²) in [5.41, 5.74) is 9.33. The number of aliphatic imine (C=N–C) groups is 2. The van der Waals surface area contributed by atoms with Crippen LogP contribution >= 0.6 is 0 Å². The average Bonchev–Trinajstić information content (AvgIpc) is 2.51. The zero-order valence-electron chi connectivity index (χ0n) is 14.4. The third kappa shape index (κ3) is 3.16. The summed E-state index contributed by atoms with van der Waals surface area (Å²) >= 11 is 0. The van der Waals surface area contributed by atoms with E-state index in [1.54, 1.807) is 0 Å². The lowest BCUT2D eigenvalue weighted by Gasteiger charge is -2.15. The fourth-order valence-corrected chi connectivity index (χ4v) is 2.58. The van der Waals surface area contributed by atoms with Crippen molar-refractivity contribution in [1.29, 1.82) is 0 Å². The third-order valence-corrected chi connectivity index (χ3v) is 4.22. The first-order chi connectivity index (χ1) is 10.5. The molecule has 2 aromatic rings. The Morgan fingerprint density at radius 2 is 1.14 bits per heavy atom. The van der Waals surface area contributed by atoms with E-state index in [0.29, 0.717) is 0 Å². The molecule has 0 unspecified atom stereocenters. The molecule has 2 aromatic carbocycles. The van der Waals surface area contributed by atoms with Crippen LogP contribution in [0.5, 0.6) is 0 Å². The van der Waals surface area contributed by atoms with Crippen LogP contribution in [-0.4, -0.2) is 12.4 Å². The molecule has 0 radical (unpaired) electrons. The van der Waals surface area contributed by atoms with Crippen molar-refractivity contribution < 1.29 is 0 Å². The highest BCUT2D eigenvalue weighted by Crippen LogP contribution is 2.37. The van der Waals surface area contributed by atoms with Crippen molar-refractivity contribution in [3.63, 3.8) is 0 Å². The standard InChI is InChI=1S/C20H24N2/c1-7-21-19-14(3)16(5)20(17(6)15(19)4)22-12-18-10-8-13(2)9-11-18/h7-12H,1-6H3. The molecular weight excluding hydrogens is 268 g/mol. The zero-order valence-corrected chi connectivity index (χ0v) is 14.4. The van der Waals surface area contributed by atoms with Crippen molar-refractivity contribution >= 4 is 23.8 Å². The second kappa shape index (κ2) is 6.69. The predicted molar refractivity (Wildman–Crippen MR) is 97.6 cm³/mol. The van der Waals surface area contributed by atoms with E-state index >= 15 is 0 Å². The maximum Gasteiger partial charge on any atom is 0.0694 e. The van der Waals surface area contributed by atoms with Gasteiger partial charge in [0, 0.05) is 12.4 Å². The summed E-state index contributed by atoms with van der Waals surface area (Å²) in [6.45, 7) is 12.5. The molecule has 0 aliphatic carbocycles. The van der Waals surface area contributed by atoms with Crippen LogP contribution in [0.3, 0.4) is 0 Å². The molecule has 0 amide bonds. The number of hydrogen-bond acceptors (Lipinski definition) is 2. The maximum absolute atomic E-state index is 4.75. The van der Waals surface area contributed by atoms with Crippen LogP contribution in [0.25, 0.3) is 0 Å². The molecular formula is C20H24N2. The van der Waals surface area contributed by atoms with Gasteiger partial charge in [0.15, 0.2) is 0 Å². The van der Waals surface area contributed by atoms with Gasteiger partial charge in [-0.15, -0.1) is 0 Å². The maximum atomic E-state index is 4.75. The number of nitrogens with zero attached hydrogens (tertiary/aromatic N) is 2. The van der Waals surface area contributed by atoms with Crippen molar-refractivity contribution in [3.8, 4) is 0 Å². The van der Waals surface area contributed by atoms with Crippen molar-refractivity contribution in [1.82, 2.24) is 0 Å². The predicted octanol–water partition coefficient (Wildman–Crippen LogP) is 5.70. The van der Waals surface area contributed by atoms with Crippen LogP contribution in [0.2, 0.25) is 0 Å². The Morgan fingerprint density at radius 3 is 1.59 bits per heavy atom. The van der Waals surface area contributed by atoms with Gasteiger partial charge in [0.2, 0.25) is 0 Å². The van der Waals surface area contributed by atoms with Crippen LogP contribution < -0.4 is 0 Å². The Bertz CT molecular complexity index is 706. The summed E-state index contributed by atoms with van der Waals surface area (Å²) in [5, 5.41) is 0. The molecule has 22 heavy (non-hydrogen) atoms. The van der Waals surface area contributed by atoms with Crippen LogP contribution in [0.15, 0.2) is 34.3 Å². The van der Waals surface area contributed by atoms with Crippen molar-refractivity contribution in [2.45, 2.75) is 41.5 Å². The summed E-state index contributed by atoms with van der Waals surface area (Å²) in [6, 6.07) is 8.41. The lowest BCUT2D eigenvalue weighted by molar-refractivity contribution is 1.21. The Kier molecular flexibility index (Phi) is 4.92. The highest BCUT2D eigenvalue weighted by atomic mass is 14.8. The van der Waals surface area contributed by atoms with Gasteiger partial charge in [-0.2, -0.15) is 0 Å². The number of hydrogen-bond donors (Lipinski definition) is 0. The molecule has 0 atom stereocenters. The molecule has 2 heteroatoms. The van der Waals surface area contributed by atoms with Gasteiger partial charge in [-0.05, 0) is 69.4 Å². The molecule has 0 aliphatic rings. The van der Waals surface area contributed by atoms with Gasteiger partial charge in [0.1, 0.15) is 0 Å². The summed E-state index contributed by atoms with van der Waals surface area (Å²) in [6.07, 6.45) is 3.79. The lowest BCUT2D eigenvalue weighted by Crippen LogP contribution is -1.93. The minimum Gasteiger partial charge on any atom is -0.261 e. The molecule has 2 nitrogen and oxygen atoms in total. The van der Waals surface area contributed by atoms with Crippen LogP contribution in [0.4, 0.5) is 11.4 Å². The Balaban J connectivity index is 2.50. The van der Waals surface area contributed by atoms with E-state index in [2.05, 4.69) is 63.9 Å². The number of rotatable bonds is 3. The number of benzene rings is 2. The largest absolute Gasteiger partial charge is 0.261 e. The molecule has 0 aliphatic heterocycles. The first kappa shape index (κ1) is 16.2. The Labute approximate surface area is 133 Å². The van der Waals surface area contributed by atoms with Crippen molar-refractivity contribution in [2.75, 3.05) is 0 Å². The average molecular weight is 292 g/mol. The number of aryl methyl sites for hydroxylation is 1. The summed E-state index contributed by atoms with van der Waals surface area (Å²) < 4.78 is 0. The van der Waals surface area contributed by atoms with E-state index in [1.165, 1.54) is 27.8 Å². The Hall–Kier alpha value is -2.22. The van der Waals surface area contributed by atoms with E-state index in [0.717, 1.165) is 16.9 Å². The van der Waals surface area contributed by atoms with Gasteiger partial charge in [0.05, 0.1) is 11.4 Å². The quantitative estimate of drug-likeness (QED) is 0.648. The normalized spacial score (nSPS) is 11.7. The van der Waals surface area contributed by atoms with E-state index < -0.39 is 0 Å². The summed E-state index contributed by atoms with van der Waals surface area (Å²) in [7, 11) is 0. The first-order valence-corrected chi connectivity index (χ1v) is 7.65. The molecule has 0 aromatic heterocycles. The fourth-order valence-electron chi connectivity index (χ4n) is 2.58. The fraction of sp³-hybridized carbons (Fsp3) is 0.300. The summed E-state index contributed by atoms with van der Waals surface area (Å²) in [5.74, 6) is 0. The second-order valence-corrected chi connectivity index (χ2v) is 5.75. The minimum absolute atomic E-state index is 1.06. The molecule has 114 valence electrons. The monoisotopic (exact) mass is 292 g/mol. The zero-order chi connectivity index (χ0) is 16.3. The molecule has 0 fully saturated rings. The molecule has 0 spiro atoms. The van der Waals surface area contributed by atoms with Crippen molar-refractivity contribution in [2.24, 2.45) is 9.98 Å². The topological polar surface area (TPSA) is 24.7 Å². The van der Waals surface area contributed by atoms with E-state index in [-0.39, 0.29) is 0 Å². The SMILES string of the molecule is CC=Nc1c(C)c(C)c(N=Cc2ccc(C)cc2)c(C)c1C. The molecule has 0 saturated carbocycles. The van der Waals surface area contributed by atoms with Gasteiger partial charge in [-0.3, -0.25) is 9.98 Å². The van der Waals surface area contributed by atoms with Crippen LogP contribution in [-0.2, 0) is 0 Å². The van der Waals surface area contributed by atoms with Gasteiger partial charge in [-0.1, -0.05) is 29.8 Å². The molecule has 0 saturated heterocycles. The molecule has 0 bridgehead atoms. The van der Waals surface area contributed by atoms with Gasteiger partial charge < -0.3 is 0 Å². The lowest BCUT2D eigenvalue weighted by atomic mass is 9.96. The van der Waals surface area contributed by atoms with Crippen LogP contribution in [0.1, 0.15) is 40.3 Å².